The smallest absolute Gasteiger partial charge is 0.0320 e. The van der Waals surface area contributed by atoms with Crippen LogP contribution in [0.15, 0.2) is 12.2 Å². The second-order valence-corrected chi connectivity index (χ2v) is 3.83. The minimum absolute atomic E-state index is 0.972. The van der Waals surface area contributed by atoms with Gasteiger partial charge < -0.3 is 0 Å². The van der Waals surface area contributed by atoms with Crippen molar-refractivity contribution in [3.05, 3.63) is 12.2 Å². The summed E-state index contributed by atoms with van der Waals surface area (Å²) < 4.78 is 0. The van der Waals surface area contributed by atoms with Gasteiger partial charge in [-0.1, -0.05) is 38.3 Å². The minimum atomic E-state index is 0.972. The van der Waals surface area contributed by atoms with Crippen molar-refractivity contribution in [2.75, 3.05) is 0 Å². The molecule has 0 spiro atoms. The average Bonchev–Trinajstić information content (AvgIpc) is 2.03. The van der Waals surface area contributed by atoms with Crippen molar-refractivity contribution in [2.24, 2.45) is 11.8 Å². The van der Waals surface area contributed by atoms with E-state index in [0.717, 1.165) is 11.8 Å². The zero-order valence-electron chi connectivity index (χ0n) is 7.84. The number of allylic oxidation sites excluding steroid dienone is 2. The molecule has 2 unspecified atom stereocenters. The lowest BCUT2D eigenvalue weighted by molar-refractivity contribution is 0.258. The van der Waals surface area contributed by atoms with E-state index in [1.165, 1.54) is 32.1 Å². The van der Waals surface area contributed by atoms with Crippen molar-refractivity contribution in [2.45, 2.75) is 46.0 Å². The maximum Gasteiger partial charge on any atom is -0.0320 e. The van der Waals surface area contributed by atoms with Gasteiger partial charge in [-0.05, 0) is 31.6 Å². The monoisotopic (exact) mass is 152 g/mol. The van der Waals surface area contributed by atoms with Gasteiger partial charge in [0.2, 0.25) is 0 Å². The average molecular weight is 152 g/mol. The normalized spacial score (nSPS) is 32.9. The van der Waals surface area contributed by atoms with Gasteiger partial charge in [-0.3, -0.25) is 0 Å². The van der Waals surface area contributed by atoms with Crippen molar-refractivity contribution in [1.29, 1.82) is 0 Å². The van der Waals surface area contributed by atoms with Crippen LogP contribution in [0, 0.1) is 11.8 Å². The molecule has 0 heterocycles. The molecular formula is C11H20. The number of hydrogen-bond acceptors (Lipinski definition) is 0. The minimum Gasteiger partial charge on any atom is -0.0917 e. The van der Waals surface area contributed by atoms with Gasteiger partial charge in [0.05, 0.1) is 0 Å². The van der Waals surface area contributed by atoms with E-state index in [4.69, 9.17) is 0 Å². The molecule has 0 bridgehead atoms. The van der Waals surface area contributed by atoms with E-state index in [2.05, 4.69) is 26.0 Å². The van der Waals surface area contributed by atoms with Gasteiger partial charge in [-0.25, -0.2) is 0 Å². The SMILES string of the molecule is C/C=C/CC1CCCCC1C. The van der Waals surface area contributed by atoms with Crippen molar-refractivity contribution in [3.8, 4) is 0 Å². The highest BCUT2D eigenvalue weighted by atomic mass is 14.2. The lowest BCUT2D eigenvalue weighted by atomic mass is 9.79. The van der Waals surface area contributed by atoms with E-state index >= 15 is 0 Å². The van der Waals surface area contributed by atoms with E-state index in [1.54, 1.807) is 0 Å². The van der Waals surface area contributed by atoms with Gasteiger partial charge >= 0.3 is 0 Å². The van der Waals surface area contributed by atoms with E-state index in [0.29, 0.717) is 0 Å². The third-order valence-electron chi connectivity index (χ3n) is 2.96. The van der Waals surface area contributed by atoms with Crippen LogP contribution in [0.1, 0.15) is 46.0 Å². The lowest BCUT2D eigenvalue weighted by Gasteiger charge is -2.27. The molecule has 1 saturated carbocycles. The molecule has 64 valence electrons. The summed E-state index contributed by atoms with van der Waals surface area (Å²) in [6, 6.07) is 0. The Morgan fingerprint density at radius 3 is 2.64 bits per heavy atom. The van der Waals surface area contributed by atoms with Gasteiger partial charge in [0, 0.05) is 0 Å². The summed E-state index contributed by atoms with van der Waals surface area (Å²) in [5.41, 5.74) is 0. The quantitative estimate of drug-likeness (QED) is 0.528. The molecule has 0 aromatic heterocycles. The fourth-order valence-corrected chi connectivity index (χ4v) is 2.05. The molecule has 2 atom stereocenters. The Kier molecular flexibility index (Phi) is 3.68. The zero-order valence-corrected chi connectivity index (χ0v) is 7.84. The molecule has 0 aromatic carbocycles. The first kappa shape index (κ1) is 8.83. The Labute approximate surface area is 70.7 Å². The molecule has 0 amide bonds. The molecule has 1 aliphatic carbocycles. The third kappa shape index (κ3) is 2.69. The Morgan fingerprint density at radius 1 is 1.27 bits per heavy atom. The second-order valence-electron chi connectivity index (χ2n) is 3.83. The van der Waals surface area contributed by atoms with Crippen LogP contribution in [0.5, 0.6) is 0 Å². The molecule has 0 radical (unpaired) electrons. The summed E-state index contributed by atoms with van der Waals surface area (Å²) in [4.78, 5) is 0. The molecule has 0 N–H and O–H groups in total. The van der Waals surface area contributed by atoms with Crippen LogP contribution in [0.25, 0.3) is 0 Å². The molecule has 0 heteroatoms. The maximum absolute atomic E-state index is 2.41. The highest BCUT2D eigenvalue weighted by molar-refractivity contribution is 4.83. The van der Waals surface area contributed by atoms with Gasteiger partial charge in [-0.15, -0.1) is 0 Å². The van der Waals surface area contributed by atoms with E-state index in [-0.39, 0.29) is 0 Å². The van der Waals surface area contributed by atoms with E-state index in [1.807, 2.05) is 0 Å². The fourth-order valence-electron chi connectivity index (χ4n) is 2.05. The van der Waals surface area contributed by atoms with Crippen LogP contribution < -0.4 is 0 Å². The molecule has 1 aliphatic rings. The van der Waals surface area contributed by atoms with Gasteiger partial charge in [0.1, 0.15) is 0 Å². The van der Waals surface area contributed by atoms with Crippen LogP contribution in [0.2, 0.25) is 0 Å². The van der Waals surface area contributed by atoms with Gasteiger partial charge in [-0.2, -0.15) is 0 Å². The molecule has 11 heavy (non-hydrogen) atoms. The number of hydrogen-bond donors (Lipinski definition) is 0. The highest BCUT2D eigenvalue weighted by Crippen LogP contribution is 2.31. The fraction of sp³-hybridized carbons (Fsp3) is 0.818. The van der Waals surface area contributed by atoms with E-state index in [9.17, 15) is 0 Å². The van der Waals surface area contributed by atoms with Crippen LogP contribution in [-0.2, 0) is 0 Å². The van der Waals surface area contributed by atoms with Gasteiger partial charge in [0.25, 0.3) is 0 Å². The summed E-state index contributed by atoms with van der Waals surface area (Å²) >= 11 is 0. The predicted molar refractivity (Wildman–Crippen MR) is 50.6 cm³/mol. The first-order valence-corrected chi connectivity index (χ1v) is 4.95. The van der Waals surface area contributed by atoms with Gasteiger partial charge in [0.15, 0.2) is 0 Å². The van der Waals surface area contributed by atoms with Crippen LogP contribution in [0.4, 0.5) is 0 Å². The van der Waals surface area contributed by atoms with Crippen molar-refractivity contribution >= 4 is 0 Å². The molecule has 0 aliphatic heterocycles. The topological polar surface area (TPSA) is 0 Å². The second kappa shape index (κ2) is 4.58. The molecular weight excluding hydrogens is 132 g/mol. The molecule has 1 rings (SSSR count). The number of rotatable bonds is 2. The van der Waals surface area contributed by atoms with Crippen LogP contribution >= 0.6 is 0 Å². The summed E-state index contributed by atoms with van der Waals surface area (Å²) in [5.74, 6) is 1.96. The first-order valence-electron chi connectivity index (χ1n) is 4.95. The standard InChI is InChI=1S/C11H20/c1-3-4-8-11-9-6-5-7-10(11)2/h3-4,10-11H,5-9H2,1-2H3/b4-3+. The highest BCUT2D eigenvalue weighted by Gasteiger charge is 2.19. The van der Waals surface area contributed by atoms with Crippen LogP contribution in [-0.4, -0.2) is 0 Å². The Balaban J connectivity index is 2.29. The maximum atomic E-state index is 2.41. The summed E-state index contributed by atoms with van der Waals surface area (Å²) in [7, 11) is 0. The largest absolute Gasteiger partial charge is 0.0917 e. The third-order valence-corrected chi connectivity index (χ3v) is 2.96. The van der Waals surface area contributed by atoms with Crippen molar-refractivity contribution < 1.29 is 0 Å². The molecule has 0 aromatic rings. The predicted octanol–water partition coefficient (Wildman–Crippen LogP) is 3.78. The van der Waals surface area contributed by atoms with E-state index < -0.39 is 0 Å². The molecule has 0 nitrogen and oxygen atoms in total. The Morgan fingerprint density at radius 2 is 2.00 bits per heavy atom. The summed E-state index contributed by atoms with van der Waals surface area (Å²) in [6.45, 7) is 4.53. The van der Waals surface area contributed by atoms with Crippen molar-refractivity contribution in [3.63, 3.8) is 0 Å². The van der Waals surface area contributed by atoms with Crippen molar-refractivity contribution in [1.82, 2.24) is 0 Å². The Hall–Kier alpha value is -0.260. The Bertz CT molecular complexity index is 124. The zero-order chi connectivity index (χ0) is 8.10. The first-order chi connectivity index (χ1) is 5.34. The lowest BCUT2D eigenvalue weighted by Crippen LogP contribution is -2.15. The van der Waals surface area contributed by atoms with Crippen LogP contribution in [0.3, 0.4) is 0 Å². The summed E-state index contributed by atoms with van der Waals surface area (Å²) in [6.07, 6.45) is 11.7. The molecule has 0 saturated heterocycles. The summed E-state index contributed by atoms with van der Waals surface area (Å²) in [5, 5.41) is 0. The molecule has 1 fully saturated rings.